The normalized spacial score (nSPS) is 15.7. The second kappa shape index (κ2) is 7.46. The van der Waals surface area contributed by atoms with E-state index in [1.165, 1.54) is 0 Å². The Hall–Kier alpha value is -2.77. The molecule has 1 aliphatic rings. The van der Waals surface area contributed by atoms with Crippen LogP contribution in [-0.2, 0) is 11.0 Å². The third kappa shape index (κ3) is 3.31. The molecule has 0 aromatic heterocycles. The molecule has 1 fully saturated rings. The number of anilines is 2. The molecule has 0 spiro atoms. The smallest absolute Gasteiger partial charge is 0.288 e. The second-order valence-corrected chi connectivity index (χ2v) is 9.38. The summed E-state index contributed by atoms with van der Waals surface area (Å²) >= 11 is 0. The molecule has 0 atom stereocenters. The van der Waals surface area contributed by atoms with Gasteiger partial charge < -0.3 is 9.34 Å². The number of para-hydroxylation sites is 2. The van der Waals surface area contributed by atoms with Crippen molar-refractivity contribution in [2.24, 2.45) is 0 Å². The summed E-state index contributed by atoms with van der Waals surface area (Å²) in [5.41, 5.74) is 3.09. The van der Waals surface area contributed by atoms with E-state index in [1.807, 2.05) is 88.2 Å². The summed E-state index contributed by atoms with van der Waals surface area (Å²) in [4.78, 5) is 0. The molecular formula is C23H23N2OP. The zero-order chi connectivity index (χ0) is 18.7. The molecule has 136 valence electrons. The highest BCUT2D eigenvalue weighted by molar-refractivity contribution is 7.71. The lowest BCUT2D eigenvalue weighted by molar-refractivity contribution is 0.578. The van der Waals surface area contributed by atoms with Crippen LogP contribution in [0.15, 0.2) is 103 Å². The third-order valence-corrected chi connectivity index (χ3v) is 8.10. The van der Waals surface area contributed by atoms with E-state index in [0.717, 1.165) is 22.3 Å². The zero-order valence-corrected chi connectivity index (χ0v) is 16.1. The molecule has 0 unspecified atom stereocenters. The highest BCUT2D eigenvalue weighted by Gasteiger charge is 2.45. The fraction of sp³-hybridized carbons (Fsp3) is 0.130. The van der Waals surface area contributed by atoms with Crippen LogP contribution in [0.25, 0.3) is 0 Å². The van der Waals surface area contributed by atoms with Gasteiger partial charge in [0.05, 0.1) is 0 Å². The molecule has 4 rings (SSSR count). The second-order valence-electron chi connectivity index (χ2n) is 6.69. The van der Waals surface area contributed by atoms with Crippen molar-refractivity contribution in [1.29, 1.82) is 0 Å². The Balaban J connectivity index is 1.75. The molecule has 3 aromatic carbocycles. The van der Waals surface area contributed by atoms with E-state index < -0.39 is 7.44 Å². The summed E-state index contributed by atoms with van der Waals surface area (Å²) < 4.78 is 18.6. The molecule has 27 heavy (non-hydrogen) atoms. The molecule has 1 saturated heterocycles. The van der Waals surface area contributed by atoms with Crippen LogP contribution >= 0.6 is 7.44 Å². The topological polar surface area (TPSA) is 23.6 Å². The van der Waals surface area contributed by atoms with E-state index in [-0.39, 0.29) is 0 Å². The maximum absolute atomic E-state index is 14.5. The van der Waals surface area contributed by atoms with Crippen LogP contribution < -0.4 is 9.34 Å². The van der Waals surface area contributed by atoms with Gasteiger partial charge in [-0.2, -0.15) is 0 Å². The lowest BCUT2D eigenvalue weighted by Gasteiger charge is -2.34. The van der Waals surface area contributed by atoms with Crippen molar-refractivity contribution in [1.82, 2.24) is 0 Å². The molecule has 0 radical (unpaired) electrons. The number of hydrogen-bond acceptors (Lipinski definition) is 1. The molecule has 0 aliphatic carbocycles. The summed E-state index contributed by atoms with van der Waals surface area (Å²) in [5.74, 6) is 0. The molecule has 1 aliphatic heterocycles. The van der Waals surface area contributed by atoms with Gasteiger partial charge in [-0.3, -0.25) is 4.57 Å². The van der Waals surface area contributed by atoms with Crippen molar-refractivity contribution in [2.45, 2.75) is 6.42 Å². The minimum atomic E-state index is -3.02. The standard InChI is InChI=1S/C23H23N2OP/c1-20(19-21-11-5-2-6-12-21)27(26)24(22-13-7-3-8-14-22)17-18-25(27)23-15-9-4-10-16-23/h2-16H,1,17-19H2. The van der Waals surface area contributed by atoms with Crippen molar-refractivity contribution >= 4 is 18.8 Å². The van der Waals surface area contributed by atoms with E-state index in [0.29, 0.717) is 19.5 Å². The number of benzene rings is 3. The Kier molecular flexibility index (Phi) is 4.87. The van der Waals surface area contributed by atoms with Gasteiger partial charge in [-0.15, -0.1) is 0 Å². The van der Waals surface area contributed by atoms with Crippen LogP contribution in [0, 0.1) is 0 Å². The first-order valence-electron chi connectivity index (χ1n) is 9.18. The molecule has 0 N–H and O–H groups in total. The van der Waals surface area contributed by atoms with Gasteiger partial charge in [0.1, 0.15) is 0 Å². The van der Waals surface area contributed by atoms with Gasteiger partial charge in [0.2, 0.25) is 0 Å². The zero-order valence-electron chi connectivity index (χ0n) is 15.2. The summed E-state index contributed by atoms with van der Waals surface area (Å²) in [6, 6.07) is 30.2. The van der Waals surface area contributed by atoms with E-state index in [2.05, 4.69) is 18.7 Å². The van der Waals surface area contributed by atoms with Crippen LogP contribution in [-0.4, -0.2) is 13.1 Å². The summed E-state index contributed by atoms with van der Waals surface area (Å²) in [6.45, 7) is 5.73. The highest BCUT2D eigenvalue weighted by Crippen LogP contribution is 2.65. The lowest BCUT2D eigenvalue weighted by Crippen LogP contribution is -2.20. The minimum Gasteiger partial charge on any atom is -0.302 e. The Morgan fingerprint density at radius 3 is 1.59 bits per heavy atom. The van der Waals surface area contributed by atoms with Crippen LogP contribution in [0.1, 0.15) is 5.56 Å². The number of hydrogen-bond donors (Lipinski definition) is 0. The predicted molar refractivity (Wildman–Crippen MR) is 114 cm³/mol. The van der Waals surface area contributed by atoms with Crippen LogP contribution in [0.3, 0.4) is 0 Å². The third-order valence-electron chi connectivity index (χ3n) is 4.95. The van der Waals surface area contributed by atoms with Gasteiger partial charge in [-0.25, -0.2) is 0 Å². The Morgan fingerprint density at radius 2 is 1.15 bits per heavy atom. The molecule has 4 heteroatoms. The molecule has 3 nitrogen and oxygen atoms in total. The van der Waals surface area contributed by atoms with Crippen LogP contribution in [0.4, 0.5) is 11.4 Å². The number of rotatable bonds is 5. The number of allylic oxidation sites excluding steroid dienone is 1. The van der Waals surface area contributed by atoms with Gasteiger partial charge in [0.25, 0.3) is 7.44 Å². The van der Waals surface area contributed by atoms with Gasteiger partial charge in [-0.1, -0.05) is 73.3 Å². The van der Waals surface area contributed by atoms with Gasteiger partial charge in [0, 0.05) is 36.2 Å². The molecular weight excluding hydrogens is 351 g/mol. The van der Waals surface area contributed by atoms with E-state index >= 15 is 0 Å². The number of nitrogens with zero attached hydrogens (tertiary/aromatic N) is 2. The van der Waals surface area contributed by atoms with E-state index in [4.69, 9.17) is 0 Å². The first kappa shape index (κ1) is 17.6. The Labute approximate surface area is 161 Å². The van der Waals surface area contributed by atoms with Crippen molar-refractivity contribution in [3.8, 4) is 0 Å². The van der Waals surface area contributed by atoms with Gasteiger partial charge in [0.15, 0.2) is 0 Å². The van der Waals surface area contributed by atoms with Crippen molar-refractivity contribution < 1.29 is 4.57 Å². The fourth-order valence-corrected chi connectivity index (χ4v) is 6.58. The molecule has 0 bridgehead atoms. The van der Waals surface area contributed by atoms with E-state index in [1.54, 1.807) is 0 Å². The van der Waals surface area contributed by atoms with Crippen LogP contribution in [0.5, 0.6) is 0 Å². The summed E-state index contributed by atoms with van der Waals surface area (Å²) in [7, 11) is -3.02. The predicted octanol–water partition coefficient (Wildman–Crippen LogP) is 5.96. The van der Waals surface area contributed by atoms with Crippen molar-refractivity contribution in [3.05, 3.63) is 108 Å². The quantitative estimate of drug-likeness (QED) is 0.515. The molecule has 1 heterocycles. The largest absolute Gasteiger partial charge is 0.302 e. The Morgan fingerprint density at radius 1 is 0.741 bits per heavy atom. The molecule has 0 amide bonds. The van der Waals surface area contributed by atoms with Gasteiger partial charge >= 0.3 is 0 Å². The van der Waals surface area contributed by atoms with Crippen LogP contribution in [0.2, 0.25) is 0 Å². The van der Waals surface area contributed by atoms with Crippen molar-refractivity contribution in [2.75, 3.05) is 22.4 Å². The SMILES string of the molecule is C=C(Cc1ccccc1)P1(=O)N(c2ccccc2)CCN1c1ccccc1. The Bertz CT molecular complexity index is 906. The average molecular weight is 374 g/mol. The van der Waals surface area contributed by atoms with E-state index in [9.17, 15) is 4.57 Å². The average Bonchev–Trinajstić information content (AvgIpc) is 3.08. The first-order valence-corrected chi connectivity index (χ1v) is 10.8. The summed E-state index contributed by atoms with van der Waals surface area (Å²) in [5, 5.41) is 0.763. The summed E-state index contributed by atoms with van der Waals surface area (Å²) in [6.07, 6.45) is 0.602. The van der Waals surface area contributed by atoms with Crippen molar-refractivity contribution in [3.63, 3.8) is 0 Å². The maximum atomic E-state index is 14.5. The molecule has 0 saturated carbocycles. The monoisotopic (exact) mass is 374 g/mol. The highest BCUT2D eigenvalue weighted by atomic mass is 31.2. The first-order chi connectivity index (χ1) is 13.2. The minimum absolute atomic E-state index is 0.602. The van der Waals surface area contributed by atoms with Gasteiger partial charge in [-0.05, 0) is 29.8 Å². The molecule has 3 aromatic rings. The fourth-order valence-electron chi connectivity index (χ4n) is 3.64. The lowest BCUT2D eigenvalue weighted by atomic mass is 10.1. The maximum Gasteiger partial charge on any atom is 0.288 e.